The van der Waals surface area contributed by atoms with Crippen LogP contribution >= 0.6 is 0 Å². The fourth-order valence-electron chi connectivity index (χ4n) is 1.90. The lowest BCUT2D eigenvalue weighted by Crippen LogP contribution is -2.14. The number of methoxy groups -OCH3 is 1. The summed E-state index contributed by atoms with van der Waals surface area (Å²) in [5.41, 5.74) is -0.932. The van der Waals surface area contributed by atoms with Crippen molar-refractivity contribution in [1.82, 2.24) is 4.57 Å². The van der Waals surface area contributed by atoms with E-state index in [-0.39, 0.29) is 17.1 Å². The average Bonchev–Trinajstić information content (AvgIpc) is 2.46. The topological polar surface area (TPSA) is 51.5 Å². The Balaban J connectivity index is 2.63. The molecule has 0 saturated carbocycles. The zero-order chi connectivity index (χ0) is 15.6. The number of pyridine rings is 1. The van der Waals surface area contributed by atoms with E-state index in [0.29, 0.717) is 0 Å². The molecule has 1 aromatic carbocycles. The van der Waals surface area contributed by atoms with Gasteiger partial charge in [-0.05, 0) is 18.2 Å². The second kappa shape index (κ2) is 5.61. The van der Waals surface area contributed by atoms with Gasteiger partial charge in [0.2, 0.25) is 5.43 Å². The van der Waals surface area contributed by atoms with E-state index < -0.39 is 23.8 Å². The molecule has 0 aliphatic rings. The highest BCUT2D eigenvalue weighted by atomic mass is 19.4. The minimum absolute atomic E-state index is 0.0235. The van der Waals surface area contributed by atoms with Gasteiger partial charge in [0.1, 0.15) is 0 Å². The summed E-state index contributed by atoms with van der Waals surface area (Å²) in [6, 6.07) is 5.70. The largest absolute Gasteiger partial charge is 0.491 e. The maximum atomic E-state index is 12.7. The fraction of sp³-hybridized carbons (Fsp3) is 0.214. The van der Waals surface area contributed by atoms with Gasteiger partial charge in [0.05, 0.1) is 31.2 Å². The molecule has 2 rings (SSSR count). The van der Waals surface area contributed by atoms with Crippen molar-refractivity contribution in [3.63, 3.8) is 0 Å². The van der Waals surface area contributed by atoms with E-state index in [4.69, 9.17) is 4.74 Å². The average molecular weight is 299 g/mol. The van der Waals surface area contributed by atoms with Crippen LogP contribution in [-0.2, 0) is 12.8 Å². The number of hydrogen-bond acceptors (Lipinski definition) is 3. The third-order valence-electron chi connectivity index (χ3n) is 2.93. The Hall–Kier alpha value is -2.28. The van der Waals surface area contributed by atoms with Gasteiger partial charge in [-0.3, -0.25) is 4.79 Å². The van der Waals surface area contributed by atoms with Gasteiger partial charge in [-0.2, -0.15) is 13.2 Å². The Kier molecular flexibility index (Phi) is 4.04. The molecular weight excluding hydrogens is 287 g/mol. The number of aliphatic hydroxyl groups excluding tert-OH is 1. The van der Waals surface area contributed by atoms with Crippen LogP contribution in [0.3, 0.4) is 0 Å². The number of benzene rings is 1. The number of halogens is 3. The van der Waals surface area contributed by atoms with Crippen molar-refractivity contribution in [2.45, 2.75) is 12.8 Å². The standard InChI is InChI=1S/C14H12F3NO3/c1-21-13-7-18(11(8-19)6-12(13)20)10-4-2-3-9(5-10)14(15,16)17/h2-7,19H,8H2,1H3. The van der Waals surface area contributed by atoms with Crippen LogP contribution in [0.25, 0.3) is 5.69 Å². The Bertz CT molecular complexity index is 707. The molecule has 112 valence electrons. The first-order chi connectivity index (χ1) is 9.86. The summed E-state index contributed by atoms with van der Waals surface area (Å²) in [4.78, 5) is 11.6. The molecule has 0 spiro atoms. The van der Waals surface area contributed by atoms with Crippen LogP contribution in [0.4, 0.5) is 13.2 Å². The molecule has 7 heteroatoms. The molecular formula is C14H12F3NO3. The Labute approximate surface area is 118 Å². The molecule has 0 bridgehead atoms. The molecule has 0 radical (unpaired) electrons. The maximum absolute atomic E-state index is 12.7. The van der Waals surface area contributed by atoms with Crippen molar-refractivity contribution in [1.29, 1.82) is 0 Å². The van der Waals surface area contributed by atoms with Crippen molar-refractivity contribution in [3.8, 4) is 11.4 Å². The van der Waals surface area contributed by atoms with Crippen LogP contribution in [0.1, 0.15) is 11.3 Å². The molecule has 0 aliphatic heterocycles. The van der Waals surface area contributed by atoms with Gasteiger partial charge in [-0.15, -0.1) is 0 Å². The van der Waals surface area contributed by atoms with Crippen LogP contribution in [0.15, 0.2) is 41.3 Å². The number of aromatic nitrogens is 1. The monoisotopic (exact) mass is 299 g/mol. The van der Waals surface area contributed by atoms with Gasteiger partial charge in [0, 0.05) is 11.8 Å². The molecule has 2 aromatic rings. The molecule has 1 heterocycles. The van der Waals surface area contributed by atoms with Crippen molar-refractivity contribution in [2.75, 3.05) is 7.11 Å². The number of alkyl halides is 3. The lowest BCUT2D eigenvalue weighted by Gasteiger charge is -2.15. The lowest BCUT2D eigenvalue weighted by atomic mass is 10.2. The van der Waals surface area contributed by atoms with Gasteiger partial charge >= 0.3 is 6.18 Å². The molecule has 4 nitrogen and oxygen atoms in total. The van der Waals surface area contributed by atoms with Crippen molar-refractivity contribution in [2.24, 2.45) is 0 Å². The van der Waals surface area contributed by atoms with Crippen LogP contribution < -0.4 is 10.2 Å². The van der Waals surface area contributed by atoms with E-state index in [1.54, 1.807) is 0 Å². The van der Waals surface area contributed by atoms with Crippen molar-refractivity contribution < 1.29 is 23.0 Å². The van der Waals surface area contributed by atoms with E-state index in [0.717, 1.165) is 18.2 Å². The maximum Gasteiger partial charge on any atom is 0.416 e. The molecule has 21 heavy (non-hydrogen) atoms. The summed E-state index contributed by atoms with van der Waals surface area (Å²) >= 11 is 0. The predicted octanol–water partition coefficient (Wildman–Crippen LogP) is 2.36. The van der Waals surface area contributed by atoms with Crippen LogP contribution in [0, 0.1) is 0 Å². The summed E-state index contributed by atoms with van der Waals surface area (Å²) in [5, 5.41) is 9.27. The number of hydrogen-bond donors (Lipinski definition) is 1. The minimum atomic E-state index is -4.47. The second-order valence-corrected chi connectivity index (χ2v) is 4.27. The van der Waals surface area contributed by atoms with Crippen molar-refractivity contribution >= 4 is 0 Å². The van der Waals surface area contributed by atoms with Crippen LogP contribution in [0.5, 0.6) is 5.75 Å². The van der Waals surface area contributed by atoms with Gasteiger partial charge < -0.3 is 14.4 Å². The van der Waals surface area contributed by atoms with E-state index in [1.807, 2.05) is 0 Å². The molecule has 0 atom stereocenters. The van der Waals surface area contributed by atoms with Gasteiger partial charge in [-0.25, -0.2) is 0 Å². The van der Waals surface area contributed by atoms with Gasteiger partial charge in [0.15, 0.2) is 5.75 Å². The van der Waals surface area contributed by atoms with Crippen LogP contribution in [-0.4, -0.2) is 16.8 Å². The summed E-state index contributed by atoms with van der Waals surface area (Å²) < 4.78 is 44.4. The predicted molar refractivity (Wildman–Crippen MR) is 69.5 cm³/mol. The van der Waals surface area contributed by atoms with E-state index in [9.17, 15) is 23.1 Å². The molecule has 0 aliphatic carbocycles. The zero-order valence-corrected chi connectivity index (χ0v) is 11.0. The molecule has 1 aromatic heterocycles. The van der Waals surface area contributed by atoms with E-state index in [1.165, 1.54) is 30.0 Å². The third-order valence-corrected chi connectivity index (χ3v) is 2.93. The number of ether oxygens (including phenoxy) is 1. The highest BCUT2D eigenvalue weighted by Crippen LogP contribution is 2.30. The van der Waals surface area contributed by atoms with Gasteiger partial charge in [0.25, 0.3) is 0 Å². The quantitative estimate of drug-likeness (QED) is 0.946. The molecule has 0 saturated heterocycles. The SMILES string of the molecule is COc1cn(-c2cccc(C(F)(F)F)c2)c(CO)cc1=O. The molecule has 0 fully saturated rings. The zero-order valence-electron chi connectivity index (χ0n) is 11.0. The molecule has 0 amide bonds. The number of aliphatic hydroxyl groups is 1. The molecule has 1 N–H and O–H groups in total. The smallest absolute Gasteiger partial charge is 0.416 e. The van der Waals surface area contributed by atoms with E-state index in [2.05, 4.69) is 0 Å². The molecule has 0 unspecified atom stereocenters. The third kappa shape index (κ3) is 3.08. The first kappa shape index (κ1) is 15.1. The number of nitrogens with zero attached hydrogens (tertiary/aromatic N) is 1. The summed E-state index contributed by atoms with van der Waals surface area (Å²) in [6.45, 7) is -0.491. The Morgan fingerprint density at radius 2 is 2.00 bits per heavy atom. The fourth-order valence-corrected chi connectivity index (χ4v) is 1.90. The first-order valence-electron chi connectivity index (χ1n) is 5.95. The highest BCUT2D eigenvalue weighted by molar-refractivity contribution is 5.40. The lowest BCUT2D eigenvalue weighted by molar-refractivity contribution is -0.137. The van der Waals surface area contributed by atoms with E-state index >= 15 is 0 Å². The normalized spacial score (nSPS) is 11.5. The van der Waals surface area contributed by atoms with Crippen molar-refractivity contribution in [3.05, 3.63) is 58.0 Å². The summed E-state index contributed by atoms with van der Waals surface area (Å²) in [6.07, 6.45) is -3.22. The highest BCUT2D eigenvalue weighted by Gasteiger charge is 2.30. The number of rotatable bonds is 3. The minimum Gasteiger partial charge on any atom is -0.491 e. The van der Waals surface area contributed by atoms with Gasteiger partial charge in [-0.1, -0.05) is 6.07 Å². The van der Waals surface area contributed by atoms with Crippen LogP contribution in [0.2, 0.25) is 0 Å². The Morgan fingerprint density at radius 3 is 2.57 bits per heavy atom. The first-order valence-corrected chi connectivity index (χ1v) is 5.95. The summed E-state index contributed by atoms with van der Waals surface area (Å²) in [7, 11) is 1.28. The Morgan fingerprint density at radius 1 is 1.29 bits per heavy atom. The summed E-state index contributed by atoms with van der Waals surface area (Å²) in [5.74, 6) is -0.0235. The second-order valence-electron chi connectivity index (χ2n) is 4.27.